The lowest BCUT2D eigenvalue weighted by molar-refractivity contribution is 0.0925. The van der Waals surface area contributed by atoms with E-state index in [1.54, 1.807) is 18.2 Å². The predicted octanol–water partition coefficient (Wildman–Crippen LogP) is 2.64. The zero-order valence-electron chi connectivity index (χ0n) is 11.9. The number of amides is 1. The molecule has 1 fully saturated rings. The number of piperidine rings is 1. The van der Waals surface area contributed by atoms with Crippen molar-refractivity contribution in [1.82, 2.24) is 10.2 Å². The fourth-order valence-corrected chi connectivity index (χ4v) is 3.02. The van der Waals surface area contributed by atoms with Crippen LogP contribution in [0.5, 0.6) is 0 Å². The lowest BCUT2D eigenvalue weighted by Crippen LogP contribution is -2.43. The number of nitrogens with one attached hydrogen (secondary N) is 1. The van der Waals surface area contributed by atoms with Crippen molar-refractivity contribution in [2.75, 3.05) is 25.4 Å². The predicted molar refractivity (Wildman–Crippen MR) is 85.8 cm³/mol. The van der Waals surface area contributed by atoms with Crippen LogP contribution in [0.25, 0.3) is 0 Å². The molecule has 1 atom stereocenters. The third-order valence-electron chi connectivity index (χ3n) is 3.59. The van der Waals surface area contributed by atoms with Gasteiger partial charge in [-0.05, 0) is 67.0 Å². The van der Waals surface area contributed by atoms with E-state index in [0.717, 1.165) is 24.1 Å². The number of benzene rings is 1. The molecule has 0 aliphatic carbocycles. The monoisotopic (exact) mass is 339 g/mol. The minimum atomic E-state index is -0.0753. The molecule has 4 nitrogen and oxygen atoms in total. The Morgan fingerprint density at radius 2 is 2.10 bits per heavy atom. The number of nitrogens with two attached hydrogens (primary N) is 1. The second kappa shape index (κ2) is 7.09. The highest BCUT2D eigenvalue weighted by molar-refractivity contribution is 9.10. The summed E-state index contributed by atoms with van der Waals surface area (Å²) >= 11 is 3.39. The van der Waals surface area contributed by atoms with Crippen LogP contribution < -0.4 is 11.1 Å². The molecule has 1 heterocycles. The maximum atomic E-state index is 12.3. The van der Waals surface area contributed by atoms with E-state index in [4.69, 9.17) is 5.73 Å². The van der Waals surface area contributed by atoms with Crippen LogP contribution in [0.15, 0.2) is 22.7 Å². The van der Waals surface area contributed by atoms with Crippen molar-refractivity contribution in [2.45, 2.75) is 32.2 Å². The van der Waals surface area contributed by atoms with Crippen molar-refractivity contribution in [1.29, 1.82) is 0 Å². The number of nitrogens with zero attached hydrogens (tertiary/aromatic N) is 1. The van der Waals surface area contributed by atoms with Gasteiger partial charge in [0.05, 0.1) is 5.56 Å². The Kier molecular flexibility index (Phi) is 5.43. The van der Waals surface area contributed by atoms with E-state index in [1.165, 1.54) is 19.3 Å². The lowest BCUT2D eigenvalue weighted by atomic mass is 10.1. The van der Waals surface area contributed by atoms with Gasteiger partial charge < -0.3 is 16.0 Å². The molecule has 1 amide bonds. The quantitative estimate of drug-likeness (QED) is 0.829. The standard InChI is InChI=1S/C15H22BrN3O/c1-11(10-19-7-3-2-4-8-19)18-15(20)13-9-12(17)5-6-14(13)16/h5-6,9,11H,2-4,7-8,10,17H2,1H3,(H,18,20). The number of likely N-dealkylation sites (tertiary alicyclic amines) is 1. The van der Waals surface area contributed by atoms with Gasteiger partial charge in [0.2, 0.25) is 0 Å². The Balaban J connectivity index is 1.91. The second-order valence-electron chi connectivity index (χ2n) is 5.48. The summed E-state index contributed by atoms with van der Waals surface area (Å²) in [6, 6.07) is 5.42. The first-order valence-electron chi connectivity index (χ1n) is 7.14. The zero-order valence-corrected chi connectivity index (χ0v) is 13.4. The summed E-state index contributed by atoms with van der Waals surface area (Å²) in [6.07, 6.45) is 3.86. The second-order valence-corrected chi connectivity index (χ2v) is 6.33. The summed E-state index contributed by atoms with van der Waals surface area (Å²) in [7, 11) is 0. The van der Waals surface area contributed by atoms with E-state index in [1.807, 2.05) is 6.92 Å². The molecule has 0 aromatic heterocycles. The molecule has 1 aliphatic heterocycles. The van der Waals surface area contributed by atoms with Crippen molar-refractivity contribution in [3.05, 3.63) is 28.2 Å². The van der Waals surface area contributed by atoms with Gasteiger partial charge >= 0.3 is 0 Å². The van der Waals surface area contributed by atoms with Gasteiger partial charge in [-0.25, -0.2) is 0 Å². The minimum Gasteiger partial charge on any atom is -0.399 e. The average Bonchev–Trinajstić information content (AvgIpc) is 2.42. The molecule has 0 bridgehead atoms. The first kappa shape index (κ1) is 15.3. The van der Waals surface area contributed by atoms with Gasteiger partial charge in [-0.3, -0.25) is 4.79 Å². The molecule has 1 saturated heterocycles. The number of rotatable bonds is 4. The molecule has 0 radical (unpaired) electrons. The molecule has 3 N–H and O–H groups in total. The smallest absolute Gasteiger partial charge is 0.252 e. The van der Waals surface area contributed by atoms with Gasteiger partial charge in [-0.2, -0.15) is 0 Å². The minimum absolute atomic E-state index is 0.0753. The Morgan fingerprint density at radius 3 is 2.80 bits per heavy atom. The number of hydrogen-bond acceptors (Lipinski definition) is 3. The fourth-order valence-electron chi connectivity index (χ4n) is 2.59. The van der Waals surface area contributed by atoms with E-state index in [0.29, 0.717) is 11.3 Å². The van der Waals surface area contributed by atoms with E-state index in [-0.39, 0.29) is 11.9 Å². The van der Waals surface area contributed by atoms with Crippen LogP contribution in [-0.2, 0) is 0 Å². The van der Waals surface area contributed by atoms with Crippen molar-refractivity contribution in [2.24, 2.45) is 0 Å². The van der Waals surface area contributed by atoms with E-state index in [9.17, 15) is 4.79 Å². The van der Waals surface area contributed by atoms with E-state index >= 15 is 0 Å². The highest BCUT2D eigenvalue weighted by Gasteiger charge is 2.17. The number of nitrogen functional groups attached to an aromatic ring is 1. The van der Waals surface area contributed by atoms with E-state index in [2.05, 4.69) is 26.1 Å². The molecule has 1 aliphatic rings. The first-order valence-corrected chi connectivity index (χ1v) is 7.94. The topological polar surface area (TPSA) is 58.4 Å². The van der Waals surface area contributed by atoms with Crippen molar-refractivity contribution < 1.29 is 4.79 Å². The van der Waals surface area contributed by atoms with Crippen LogP contribution in [0, 0.1) is 0 Å². The van der Waals surface area contributed by atoms with Crippen LogP contribution in [0.4, 0.5) is 5.69 Å². The molecule has 0 saturated carbocycles. The zero-order chi connectivity index (χ0) is 14.5. The number of hydrogen-bond donors (Lipinski definition) is 2. The molecule has 1 aromatic rings. The molecular formula is C15H22BrN3O. The third-order valence-corrected chi connectivity index (χ3v) is 4.28. The number of carbonyl (C=O) groups is 1. The third kappa shape index (κ3) is 4.21. The van der Waals surface area contributed by atoms with Crippen LogP contribution in [0.3, 0.4) is 0 Å². The maximum absolute atomic E-state index is 12.3. The van der Waals surface area contributed by atoms with Crippen LogP contribution >= 0.6 is 15.9 Å². The summed E-state index contributed by atoms with van der Waals surface area (Å²) in [5.41, 5.74) is 6.93. The van der Waals surface area contributed by atoms with Crippen molar-refractivity contribution in [3.63, 3.8) is 0 Å². The summed E-state index contributed by atoms with van der Waals surface area (Å²) in [4.78, 5) is 14.7. The Morgan fingerprint density at radius 1 is 1.40 bits per heavy atom. The molecule has 1 unspecified atom stereocenters. The average molecular weight is 340 g/mol. The van der Waals surface area contributed by atoms with Gasteiger partial charge in [0.25, 0.3) is 5.91 Å². The van der Waals surface area contributed by atoms with Gasteiger partial charge in [0.15, 0.2) is 0 Å². The normalized spacial score (nSPS) is 17.7. The summed E-state index contributed by atoms with van der Waals surface area (Å²) in [5, 5.41) is 3.05. The molecule has 20 heavy (non-hydrogen) atoms. The summed E-state index contributed by atoms with van der Waals surface area (Å²) < 4.78 is 0.773. The van der Waals surface area contributed by atoms with Crippen LogP contribution in [0.1, 0.15) is 36.5 Å². The SMILES string of the molecule is CC(CN1CCCCC1)NC(=O)c1cc(N)ccc1Br. The molecular weight excluding hydrogens is 318 g/mol. The van der Waals surface area contributed by atoms with Crippen LogP contribution in [-0.4, -0.2) is 36.5 Å². The number of carbonyl (C=O) groups excluding carboxylic acids is 1. The van der Waals surface area contributed by atoms with Gasteiger partial charge in [-0.15, -0.1) is 0 Å². The van der Waals surface area contributed by atoms with E-state index < -0.39 is 0 Å². The highest BCUT2D eigenvalue weighted by Crippen LogP contribution is 2.19. The highest BCUT2D eigenvalue weighted by atomic mass is 79.9. The van der Waals surface area contributed by atoms with Crippen LogP contribution in [0.2, 0.25) is 0 Å². The summed E-state index contributed by atoms with van der Waals surface area (Å²) in [6.45, 7) is 5.24. The lowest BCUT2D eigenvalue weighted by Gasteiger charge is -2.29. The molecule has 110 valence electrons. The van der Waals surface area contributed by atoms with Gasteiger partial charge in [0.1, 0.15) is 0 Å². The van der Waals surface area contributed by atoms with Crippen molar-refractivity contribution >= 4 is 27.5 Å². The fraction of sp³-hybridized carbons (Fsp3) is 0.533. The Bertz CT molecular complexity index is 472. The number of anilines is 1. The van der Waals surface area contributed by atoms with Gasteiger partial charge in [0, 0.05) is 22.7 Å². The maximum Gasteiger partial charge on any atom is 0.252 e. The van der Waals surface area contributed by atoms with Gasteiger partial charge in [-0.1, -0.05) is 6.42 Å². The summed E-state index contributed by atoms with van der Waals surface area (Å²) in [5.74, 6) is -0.0753. The number of halogens is 1. The molecule has 2 rings (SSSR count). The van der Waals surface area contributed by atoms with Crippen molar-refractivity contribution in [3.8, 4) is 0 Å². The first-order chi connectivity index (χ1) is 9.56. The molecule has 5 heteroatoms. The molecule has 0 spiro atoms. The Labute approximate surface area is 128 Å². The molecule has 1 aromatic carbocycles. The Hall–Kier alpha value is -1.07. The largest absolute Gasteiger partial charge is 0.399 e.